The number of hydrogen-bond acceptors (Lipinski definition) is 4. The van der Waals surface area contributed by atoms with Crippen LogP contribution in [0.15, 0.2) is 40.8 Å². The Labute approximate surface area is 134 Å². The maximum atomic E-state index is 12.0. The fourth-order valence-electron chi connectivity index (χ4n) is 2.89. The zero-order valence-corrected chi connectivity index (χ0v) is 13.0. The largest absolute Gasteiger partial charge is 0.454 e. The Morgan fingerprint density at radius 3 is 2.87 bits per heavy atom. The topological polar surface area (TPSA) is 68.5 Å². The van der Waals surface area contributed by atoms with Crippen LogP contribution in [0.2, 0.25) is 0 Å². The van der Waals surface area contributed by atoms with Gasteiger partial charge >= 0.3 is 5.97 Å². The second-order valence-electron chi connectivity index (χ2n) is 5.70. The number of carbonyl (C=O) groups is 2. The molecule has 23 heavy (non-hydrogen) atoms. The van der Waals surface area contributed by atoms with E-state index < -0.39 is 5.97 Å². The number of nitrogens with one attached hydrogen (secondary N) is 1. The maximum Gasteiger partial charge on any atom is 0.374 e. The van der Waals surface area contributed by atoms with Crippen molar-refractivity contribution in [2.45, 2.75) is 32.2 Å². The quantitative estimate of drug-likeness (QED) is 0.881. The number of hydrogen-bond donors (Lipinski definition) is 1. The smallest absolute Gasteiger partial charge is 0.374 e. The lowest BCUT2D eigenvalue weighted by Crippen LogP contribution is -2.34. The van der Waals surface area contributed by atoms with Crippen LogP contribution in [0.3, 0.4) is 0 Å². The fourth-order valence-corrected chi connectivity index (χ4v) is 2.89. The SMILES string of the molecule is Cc1ccc(C(=O)OCC(=O)N[C@H]2CCCc3ccccc32)o1. The highest BCUT2D eigenvalue weighted by Crippen LogP contribution is 2.29. The lowest BCUT2D eigenvalue weighted by molar-refractivity contribution is -0.125. The van der Waals surface area contributed by atoms with Crippen molar-refractivity contribution < 1.29 is 18.7 Å². The van der Waals surface area contributed by atoms with Crippen LogP contribution >= 0.6 is 0 Å². The first kappa shape index (κ1) is 15.3. The molecule has 0 saturated carbocycles. The molecule has 1 aromatic carbocycles. The monoisotopic (exact) mass is 313 g/mol. The van der Waals surface area contributed by atoms with Crippen LogP contribution in [0.5, 0.6) is 0 Å². The number of carbonyl (C=O) groups excluding carboxylic acids is 2. The summed E-state index contributed by atoms with van der Waals surface area (Å²) in [6.07, 6.45) is 2.97. The minimum absolute atomic E-state index is 0.0167. The second kappa shape index (κ2) is 6.69. The molecule has 1 N–H and O–H groups in total. The lowest BCUT2D eigenvalue weighted by atomic mass is 9.88. The van der Waals surface area contributed by atoms with Gasteiger partial charge in [0.15, 0.2) is 6.61 Å². The molecule has 120 valence electrons. The molecule has 0 bridgehead atoms. The number of aryl methyl sites for hydroxylation is 2. The van der Waals surface area contributed by atoms with Crippen molar-refractivity contribution in [2.75, 3.05) is 6.61 Å². The predicted octanol–water partition coefficient (Wildman–Crippen LogP) is 2.94. The van der Waals surface area contributed by atoms with E-state index in [0.717, 1.165) is 24.8 Å². The Bertz CT molecular complexity index is 719. The highest BCUT2D eigenvalue weighted by molar-refractivity contribution is 5.88. The number of fused-ring (bicyclic) bond motifs is 1. The number of furan rings is 1. The van der Waals surface area contributed by atoms with Gasteiger partial charge in [0.25, 0.3) is 5.91 Å². The van der Waals surface area contributed by atoms with Gasteiger partial charge in [0.05, 0.1) is 6.04 Å². The van der Waals surface area contributed by atoms with Crippen LogP contribution in [0.1, 0.15) is 46.3 Å². The molecule has 0 aliphatic heterocycles. The van der Waals surface area contributed by atoms with Gasteiger partial charge in [-0.25, -0.2) is 4.79 Å². The molecule has 1 atom stereocenters. The standard InChI is InChI=1S/C18H19NO4/c1-12-9-10-16(23-12)18(21)22-11-17(20)19-15-8-4-6-13-5-2-3-7-14(13)15/h2-3,5,7,9-10,15H,4,6,8,11H2,1H3,(H,19,20)/t15-/m0/s1. The summed E-state index contributed by atoms with van der Waals surface area (Å²) < 4.78 is 10.2. The predicted molar refractivity (Wildman–Crippen MR) is 84.0 cm³/mol. The summed E-state index contributed by atoms with van der Waals surface area (Å²) in [7, 11) is 0. The molecule has 0 spiro atoms. The molecular weight excluding hydrogens is 294 g/mol. The third-order valence-electron chi connectivity index (χ3n) is 3.98. The first-order valence-electron chi connectivity index (χ1n) is 7.74. The minimum atomic E-state index is -0.628. The zero-order valence-electron chi connectivity index (χ0n) is 13.0. The van der Waals surface area contributed by atoms with Gasteiger partial charge in [0.1, 0.15) is 5.76 Å². The normalized spacial score (nSPS) is 16.5. The molecule has 2 aromatic rings. The van der Waals surface area contributed by atoms with Crippen LogP contribution in [0, 0.1) is 6.92 Å². The number of rotatable bonds is 4. The first-order valence-corrected chi connectivity index (χ1v) is 7.74. The van der Waals surface area contributed by atoms with Crippen molar-refractivity contribution in [1.82, 2.24) is 5.32 Å². The van der Waals surface area contributed by atoms with Crippen LogP contribution in [0.4, 0.5) is 0 Å². The Balaban J connectivity index is 1.55. The van der Waals surface area contributed by atoms with Crippen molar-refractivity contribution in [2.24, 2.45) is 0 Å². The molecule has 1 heterocycles. The Morgan fingerprint density at radius 2 is 2.09 bits per heavy atom. The molecule has 1 aromatic heterocycles. The summed E-state index contributed by atoms with van der Waals surface area (Å²) in [5, 5.41) is 2.94. The summed E-state index contributed by atoms with van der Waals surface area (Å²) in [6.45, 7) is 1.43. The van der Waals surface area contributed by atoms with E-state index in [1.54, 1.807) is 13.0 Å². The highest BCUT2D eigenvalue weighted by atomic mass is 16.5. The Kier molecular flexibility index (Phi) is 4.46. The van der Waals surface area contributed by atoms with Crippen molar-refractivity contribution in [3.05, 3.63) is 59.0 Å². The Hall–Kier alpha value is -2.56. The van der Waals surface area contributed by atoms with Gasteiger partial charge in [-0.05, 0) is 49.4 Å². The van der Waals surface area contributed by atoms with E-state index >= 15 is 0 Å². The molecule has 5 heteroatoms. The van der Waals surface area contributed by atoms with Gasteiger partial charge < -0.3 is 14.5 Å². The van der Waals surface area contributed by atoms with E-state index in [1.165, 1.54) is 11.6 Å². The van der Waals surface area contributed by atoms with E-state index in [9.17, 15) is 9.59 Å². The molecule has 1 amide bonds. The van der Waals surface area contributed by atoms with Gasteiger partial charge in [-0.15, -0.1) is 0 Å². The van der Waals surface area contributed by atoms with Crippen molar-refractivity contribution in [3.63, 3.8) is 0 Å². The summed E-state index contributed by atoms with van der Waals surface area (Å²) in [5.74, 6) is -0.195. The summed E-state index contributed by atoms with van der Waals surface area (Å²) in [6, 6.07) is 11.3. The summed E-state index contributed by atoms with van der Waals surface area (Å²) >= 11 is 0. The maximum absolute atomic E-state index is 12.0. The zero-order chi connectivity index (χ0) is 16.2. The average Bonchev–Trinajstić information content (AvgIpc) is 2.99. The van der Waals surface area contributed by atoms with E-state index in [1.807, 2.05) is 18.2 Å². The van der Waals surface area contributed by atoms with Crippen LogP contribution in [-0.4, -0.2) is 18.5 Å². The van der Waals surface area contributed by atoms with E-state index in [4.69, 9.17) is 9.15 Å². The van der Waals surface area contributed by atoms with Crippen LogP contribution in [-0.2, 0) is 16.0 Å². The van der Waals surface area contributed by atoms with E-state index in [0.29, 0.717) is 5.76 Å². The van der Waals surface area contributed by atoms with Crippen molar-refractivity contribution in [1.29, 1.82) is 0 Å². The molecule has 0 saturated heterocycles. The molecule has 5 nitrogen and oxygen atoms in total. The number of benzene rings is 1. The summed E-state index contributed by atoms with van der Waals surface area (Å²) in [4.78, 5) is 23.8. The molecule has 1 aliphatic carbocycles. The van der Waals surface area contributed by atoms with Gasteiger partial charge in [0, 0.05) is 0 Å². The van der Waals surface area contributed by atoms with Crippen LogP contribution < -0.4 is 5.32 Å². The minimum Gasteiger partial charge on any atom is -0.454 e. The fraction of sp³-hybridized carbons (Fsp3) is 0.333. The van der Waals surface area contributed by atoms with Gasteiger partial charge in [-0.3, -0.25) is 4.79 Å². The third-order valence-corrected chi connectivity index (χ3v) is 3.98. The van der Waals surface area contributed by atoms with Crippen LogP contribution in [0.25, 0.3) is 0 Å². The van der Waals surface area contributed by atoms with Gasteiger partial charge in [-0.2, -0.15) is 0 Å². The van der Waals surface area contributed by atoms with E-state index in [-0.39, 0.29) is 24.3 Å². The van der Waals surface area contributed by atoms with Gasteiger partial charge in [-0.1, -0.05) is 24.3 Å². The van der Waals surface area contributed by atoms with E-state index in [2.05, 4.69) is 11.4 Å². The molecule has 0 fully saturated rings. The molecular formula is C18H19NO4. The number of ether oxygens (including phenoxy) is 1. The Morgan fingerprint density at radius 1 is 1.26 bits per heavy atom. The summed E-state index contributed by atoms with van der Waals surface area (Å²) in [5.41, 5.74) is 2.42. The van der Waals surface area contributed by atoms with Gasteiger partial charge in [0.2, 0.25) is 5.76 Å². The number of esters is 1. The molecule has 0 radical (unpaired) electrons. The first-order chi connectivity index (χ1) is 11.1. The van der Waals surface area contributed by atoms with Crippen molar-refractivity contribution >= 4 is 11.9 Å². The second-order valence-corrected chi connectivity index (χ2v) is 5.70. The number of amides is 1. The molecule has 3 rings (SSSR count). The molecule has 1 aliphatic rings. The van der Waals surface area contributed by atoms with Crippen molar-refractivity contribution in [3.8, 4) is 0 Å². The molecule has 0 unspecified atom stereocenters. The lowest BCUT2D eigenvalue weighted by Gasteiger charge is -2.26. The third kappa shape index (κ3) is 3.62. The highest BCUT2D eigenvalue weighted by Gasteiger charge is 2.22. The average molecular weight is 313 g/mol.